The standard InChI is InChI=1S/C14H14ClN3O3/c1-8-6-9(15)4-5-11(8)16-7-10-12(19)17(2)14(21)18(3)13(10)20/h4-7,19H,1-3H3. The van der Waals surface area contributed by atoms with Gasteiger partial charge in [0.2, 0.25) is 5.88 Å². The molecule has 0 aliphatic heterocycles. The summed E-state index contributed by atoms with van der Waals surface area (Å²) in [5, 5.41) is 10.5. The molecule has 6 nitrogen and oxygen atoms in total. The summed E-state index contributed by atoms with van der Waals surface area (Å²) < 4.78 is 1.90. The van der Waals surface area contributed by atoms with E-state index in [1.165, 1.54) is 20.3 Å². The average molecular weight is 308 g/mol. The second-order valence-electron chi connectivity index (χ2n) is 4.63. The van der Waals surface area contributed by atoms with Crippen LogP contribution < -0.4 is 11.2 Å². The number of aromatic hydroxyl groups is 1. The molecule has 2 aromatic rings. The monoisotopic (exact) mass is 307 g/mol. The third kappa shape index (κ3) is 2.75. The van der Waals surface area contributed by atoms with Crippen molar-refractivity contribution in [3.05, 3.63) is 55.2 Å². The Morgan fingerprint density at radius 3 is 2.52 bits per heavy atom. The maximum Gasteiger partial charge on any atom is 0.333 e. The van der Waals surface area contributed by atoms with E-state index in [0.29, 0.717) is 10.7 Å². The summed E-state index contributed by atoms with van der Waals surface area (Å²) in [6.07, 6.45) is 1.24. The lowest BCUT2D eigenvalue weighted by Gasteiger charge is -2.07. The Balaban J connectivity index is 2.57. The van der Waals surface area contributed by atoms with Crippen LogP contribution in [0.2, 0.25) is 5.02 Å². The van der Waals surface area contributed by atoms with E-state index in [9.17, 15) is 14.7 Å². The van der Waals surface area contributed by atoms with Crippen LogP contribution in [0.4, 0.5) is 5.69 Å². The lowest BCUT2D eigenvalue weighted by Crippen LogP contribution is -2.38. The minimum atomic E-state index is -0.606. The van der Waals surface area contributed by atoms with Crippen LogP contribution in [0.3, 0.4) is 0 Å². The van der Waals surface area contributed by atoms with Crippen molar-refractivity contribution in [1.29, 1.82) is 0 Å². The number of hydrogen-bond acceptors (Lipinski definition) is 4. The van der Waals surface area contributed by atoms with E-state index in [-0.39, 0.29) is 5.56 Å². The van der Waals surface area contributed by atoms with Gasteiger partial charge in [-0.3, -0.25) is 18.9 Å². The number of halogens is 1. The highest BCUT2D eigenvalue weighted by Gasteiger charge is 2.12. The van der Waals surface area contributed by atoms with Gasteiger partial charge >= 0.3 is 5.69 Å². The van der Waals surface area contributed by atoms with Gasteiger partial charge in [-0.25, -0.2) is 4.79 Å². The van der Waals surface area contributed by atoms with E-state index in [4.69, 9.17) is 11.6 Å². The molecule has 1 aromatic carbocycles. The Hall–Kier alpha value is -2.34. The van der Waals surface area contributed by atoms with Gasteiger partial charge in [0.1, 0.15) is 5.56 Å². The highest BCUT2D eigenvalue weighted by atomic mass is 35.5. The Bertz CT molecular complexity index is 850. The molecule has 0 fully saturated rings. The molecule has 0 amide bonds. The minimum absolute atomic E-state index is 0.0473. The van der Waals surface area contributed by atoms with Crippen molar-refractivity contribution in [2.24, 2.45) is 19.1 Å². The number of hydrogen-bond donors (Lipinski definition) is 1. The van der Waals surface area contributed by atoms with Gasteiger partial charge in [-0.2, -0.15) is 0 Å². The second kappa shape index (κ2) is 5.57. The van der Waals surface area contributed by atoms with Crippen molar-refractivity contribution in [3.8, 4) is 5.88 Å². The fourth-order valence-electron chi connectivity index (χ4n) is 1.87. The van der Waals surface area contributed by atoms with E-state index in [2.05, 4.69) is 4.99 Å². The summed E-state index contributed by atoms with van der Waals surface area (Å²) in [6.45, 7) is 1.83. The molecule has 1 aromatic heterocycles. The molecule has 0 unspecified atom stereocenters. The van der Waals surface area contributed by atoms with E-state index in [0.717, 1.165) is 14.7 Å². The number of aromatic nitrogens is 2. The summed E-state index contributed by atoms with van der Waals surface area (Å²) in [6, 6.07) is 5.13. The second-order valence-corrected chi connectivity index (χ2v) is 5.07. The maximum atomic E-state index is 12.0. The highest BCUT2D eigenvalue weighted by molar-refractivity contribution is 6.30. The molecule has 0 spiro atoms. The molecule has 0 saturated heterocycles. The van der Waals surface area contributed by atoms with Gasteiger partial charge < -0.3 is 5.11 Å². The van der Waals surface area contributed by atoms with E-state index >= 15 is 0 Å². The number of nitrogens with zero attached hydrogens (tertiary/aromatic N) is 3. The minimum Gasteiger partial charge on any atom is -0.494 e. The zero-order valence-electron chi connectivity index (χ0n) is 11.8. The molecule has 21 heavy (non-hydrogen) atoms. The van der Waals surface area contributed by atoms with Crippen molar-refractivity contribution in [3.63, 3.8) is 0 Å². The average Bonchev–Trinajstić information content (AvgIpc) is 2.45. The zero-order valence-corrected chi connectivity index (χ0v) is 12.5. The quantitative estimate of drug-likeness (QED) is 0.854. The van der Waals surface area contributed by atoms with Crippen molar-refractivity contribution in [1.82, 2.24) is 9.13 Å². The van der Waals surface area contributed by atoms with Gasteiger partial charge in [0, 0.05) is 25.3 Å². The van der Waals surface area contributed by atoms with Crippen LogP contribution in [0, 0.1) is 6.92 Å². The summed E-state index contributed by atoms with van der Waals surface area (Å²) in [7, 11) is 2.72. The summed E-state index contributed by atoms with van der Waals surface area (Å²) in [5.74, 6) is -0.418. The Morgan fingerprint density at radius 2 is 1.90 bits per heavy atom. The van der Waals surface area contributed by atoms with Gasteiger partial charge in [-0.15, -0.1) is 0 Å². The molecule has 0 atom stereocenters. The molecule has 110 valence electrons. The predicted octanol–water partition coefficient (Wildman–Crippen LogP) is 1.50. The van der Waals surface area contributed by atoms with Crippen LogP contribution in [-0.2, 0) is 14.1 Å². The first-order valence-corrected chi connectivity index (χ1v) is 6.50. The normalized spacial score (nSPS) is 11.2. The fourth-order valence-corrected chi connectivity index (χ4v) is 2.10. The molecule has 1 N–H and O–H groups in total. The zero-order chi connectivity index (χ0) is 15.7. The Labute approximate surface area is 125 Å². The van der Waals surface area contributed by atoms with Crippen LogP contribution in [0.25, 0.3) is 0 Å². The Kier molecular flexibility index (Phi) is 3.99. The number of aryl methyl sites for hydroxylation is 1. The Morgan fingerprint density at radius 1 is 1.24 bits per heavy atom. The summed E-state index contributed by atoms with van der Waals surface area (Å²) >= 11 is 5.86. The van der Waals surface area contributed by atoms with E-state index < -0.39 is 17.1 Å². The maximum absolute atomic E-state index is 12.0. The number of aliphatic imine (C=N–C) groups is 1. The van der Waals surface area contributed by atoms with E-state index in [1.54, 1.807) is 18.2 Å². The molecule has 1 heterocycles. The van der Waals surface area contributed by atoms with Gasteiger partial charge in [-0.05, 0) is 30.7 Å². The molecular formula is C14H14ClN3O3. The van der Waals surface area contributed by atoms with Crippen molar-refractivity contribution >= 4 is 23.5 Å². The summed E-state index contributed by atoms with van der Waals surface area (Å²) in [4.78, 5) is 27.8. The van der Waals surface area contributed by atoms with Crippen LogP contribution >= 0.6 is 11.6 Å². The first-order valence-electron chi connectivity index (χ1n) is 6.12. The van der Waals surface area contributed by atoms with Crippen molar-refractivity contribution in [2.45, 2.75) is 6.92 Å². The molecule has 7 heteroatoms. The van der Waals surface area contributed by atoms with Crippen LogP contribution in [-0.4, -0.2) is 20.5 Å². The first-order chi connectivity index (χ1) is 9.82. The molecule has 2 rings (SSSR count). The molecule has 0 bridgehead atoms. The number of rotatable bonds is 2. The summed E-state index contributed by atoms with van der Waals surface area (Å²) in [5.41, 5.74) is 0.201. The largest absolute Gasteiger partial charge is 0.494 e. The highest BCUT2D eigenvalue weighted by Crippen LogP contribution is 2.22. The first kappa shape index (κ1) is 15.1. The molecule has 0 saturated carbocycles. The molecule has 0 aliphatic carbocycles. The van der Waals surface area contributed by atoms with Gasteiger partial charge in [0.15, 0.2) is 0 Å². The van der Waals surface area contributed by atoms with Gasteiger partial charge in [0.05, 0.1) is 5.69 Å². The van der Waals surface area contributed by atoms with Crippen molar-refractivity contribution < 1.29 is 5.11 Å². The van der Waals surface area contributed by atoms with Crippen molar-refractivity contribution in [2.75, 3.05) is 0 Å². The van der Waals surface area contributed by atoms with E-state index in [1.807, 2.05) is 6.92 Å². The lowest BCUT2D eigenvalue weighted by molar-refractivity contribution is 0.410. The van der Waals surface area contributed by atoms with Gasteiger partial charge in [-0.1, -0.05) is 11.6 Å². The van der Waals surface area contributed by atoms with Crippen LogP contribution in [0.1, 0.15) is 11.1 Å². The lowest BCUT2D eigenvalue weighted by atomic mass is 10.2. The number of benzene rings is 1. The third-order valence-corrected chi connectivity index (χ3v) is 3.39. The topological polar surface area (TPSA) is 76.6 Å². The SMILES string of the molecule is Cc1cc(Cl)ccc1N=Cc1c(O)n(C)c(=O)n(C)c1=O. The van der Waals surface area contributed by atoms with Gasteiger partial charge in [0.25, 0.3) is 5.56 Å². The third-order valence-electron chi connectivity index (χ3n) is 3.16. The van der Waals surface area contributed by atoms with Crippen LogP contribution in [0.5, 0.6) is 5.88 Å². The molecule has 0 radical (unpaired) electrons. The molecule has 0 aliphatic rings. The fraction of sp³-hybridized carbons (Fsp3) is 0.214. The smallest absolute Gasteiger partial charge is 0.333 e. The molecular weight excluding hydrogens is 294 g/mol. The van der Waals surface area contributed by atoms with Crippen LogP contribution in [0.15, 0.2) is 32.8 Å². The predicted molar refractivity (Wildman–Crippen MR) is 82.0 cm³/mol.